The van der Waals surface area contributed by atoms with Crippen molar-refractivity contribution in [1.82, 2.24) is 5.32 Å². The van der Waals surface area contributed by atoms with Crippen LogP contribution in [-0.4, -0.2) is 24.2 Å². The maximum Gasteiger partial charge on any atom is 0.305 e. The number of nitro benzene ring substituents is 1. The molecular weight excluding hydrogens is 263 g/mol. The van der Waals surface area contributed by atoms with Crippen LogP contribution >= 0.6 is 0 Å². The van der Waals surface area contributed by atoms with Crippen LogP contribution in [0.4, 0.5) is 10.1 Å². The predicted octanol–water partition coefficient (Wildman–Crippen LogP) is 2.78. The maximum absolute atomic E-state index is 13.8. The van der Waals surface area contributed by atoms with E-state index in [2.05, 4.69) is 5.32 Å². The van der Waals surface area contributed by atoms with Crippen LogP contribution in [-0.2, 0) is 11.3 Å². The van der Waals surface area contributed by atoms with E-state index in [9.17, 15) is 14.5 Å². The fourth-order valence-corrected chi connectivity index (χ4v) is 2.36. The van der Waals surface area contributed by atoms with Crippen molar-refractivity contribution >= 4 is 5.69 Å². The molecule has 1 atom stereocenters. The van der Waals surface area contributed by atoms with Crippen molar-refractivity contribution in [3.8, 4) is 0 Å². The van der Waals surface area contributed by atoms with Crippen molar-refractivity contribution in [2.45, 2.75) is 38.3 Å². The van der Waals surface area contributed by atoms with Crippen molar-refractivity contribution in [3.63, 3.8) is 0 Å². The minimum atomic E-state index is -0.751. The van der Waals surface area contributed by atoms with Gasteiger partial charge in [0.15, 0.2) is 0 Å². The Labute approximate surface area is 117 Å². The number of ether oxygens (including phenoxy) is 1. The van der Waals surface area contributed by atoms with Gasteiger partial charge in [0, 0.05) is 24.8 Å². The van der Waals surface area contributed by atoms with Gasteiger partial charge in [0.2, 0.25) is 5.82 Å². The Bertz CT molecular complexity index is 462. The summed E-state index contributed by atoms with van der Waals surface area (Å²) in [4.78, 5) is 9.94. The summed E-state index contributed by atoms with van der Waals surface area (Å²) >= 11 is 0. The lowest BCUT2D eigenvalue weighted by Gasteiger charge is -2.22. The molecule has 0 radical (unpaired) electrons. The molecule has 20 heavy (non-hydrogen) atoms. The Kier molecular flexibility index (Phi) is 5.43. The molecule has 1 heterocycles. The van der Waals surface area contributed by atoms with E-state index in [1.807, 2.05) is 0 Å². The number of rotatable bonds is 6. The third-order valence-corrected chi connectivity index (χ3v) is 3.49. The highest BCUT2D eigenvalue weighted by Gasteiger charge is 2.17. The van der Waals surface area contributed by atoms with Crippen LogP contribution in [0.25, 0.3) is 0 Å². The fourth-order valence-electron chi connectivity index (χ4n) is 2.36. The Hall–Kier alpha value is -1.53. The average Bonchev–Trinajstić information content (AvgIpc) is 2.46. The Balaban J connectivity index is 1.79. The van der Waals surface area contributed by atoms with Gasteiger partial charge in [-0.2, -0.15) is 4.39 Å². The number of nitrogens with zero attached hydrogens (tertiary/aromatic N) is 1. The molecule has 1 fully saturated rings. The summed E-state index contributed by atoms with van der Waals surface area (Å²) in [6.07, 6.45) is 4.57. The number of hydrogen-bond acceptors (Lipinski definition) is 4. The van der Waals surface area contributed by atoms with E-state index in [0.29, 0.717) is 18.7 Å². The van der Waals surface area contributed by atoms with Gasteiger partial charge in [-0.3, -0.25) is 10.1 Å². The summed E-state index contributed by atoms with van der Waals surface area (Å²) in [6, 6.07) is 4.24. The molecule has 1 aliphatic rings. The number of nitro groups is 1. The molecule has 6 heteroatoms. The molecule has 0 aromatic heterocycles. The molecule has 1 aliphatic heterocycles. The standard InChI is InChI=1S/C14H19FN2O3/c15-14-11(4-3-6-13(14)17(18)19)10-16-8-7-12-5-1-2-9-20-12/h3-4,6,12,16H,1-2,5,7-10H2. The minimum Gasteiger partial charge on any atom is -0.378 e. The lowest BCUT2D eigenvalue weighted by molar-refractivity contribution is -0.387. The van der Waals surface area contributed by atoms with Gasteiger partial charge >= 0.3 is 5.69 Å². The molecule has 0 spiro atoms. The van der Waals surface area contributed by atoms with E-state index in [1.165, 1.54) is 18.6 Å². The van der Waals surface area contributed by atoms with E-state index in [-0.39, 0.29) is 6.10 Å². The smallest absolute Gasteiger partial charge is 0.305 e. The Morgan fingerprint density at radius 1 is 1.45 bits per heavy atom. The second-order valence-corrected chi connectivity index (χ2v) is 4.96. The molecule has 2 rings (SSSR count). The van der Waals surface area contributed by atoms with Gasteiger partial charge in [0.25, 0.3) is 0 Å². The van der Waals surface area contributed by atoms with Crippen molar-refractivity contribution < 1.29 is 14.1 Å². The van der Waals surface area contributed by atoms with Crippen LogP contribution in [0.5, 0.6) is 0 Å². The summed E-state index contributed by atoms with van der Waals surface area (Å²) in [5.41, 5.74) is -0.149. The fraction of sp³-hybridized carbons (Fsp3) is 0.571. The topological polar surface area (TPSA) is 64.4 Å². The first-order valence-corrected chi connectivity index (χ1v) is 6.92. The van der Waals surface area contributed by atoms with Crippen LogP contribution in [0.3, 0.4) is 0 Å². The molecule has 1 unspecified atom stereocenters. The van der Waals surface area contributed by atoms with Crippen molar-refractivity contribution in [3.05, 3.63) is 39.7 Å². The molecule has 0 aliphatic carbocycles. The third-order valence-electron chi connectivity index (χ3n) is 3.49. The summed E-state index contributed by atoms with van der Waals surface area (Å²) in [5, 5.41) is 13.8. The van der Waals surface area contributed by atoms with Crippen LogP contribution in [0.2, 0.25) is 0 Å². The van der Waals surface area contributed by atoms with Gasteiger partial charge < -0.3 is 10.1 Å². The molecule has 110 valence electrons. The van der Waals surface area contributed by atoms with Crippen LogP contribution in [0.15, 0.2) is 18.2 Å². The van der Waals surface area contributed by atoms with Crippen molar-refractivity contribution in [1.29, 1.82) is 0 Å². The normalized spacial score (nSPS) is 18.9. The SMILES string of the molecule is O=[N+]([O-])c1cccc(CNCCC2CCCCO2)c1F. The molecule has 1 saturated heterocycles. The highest BCUT2D eigenvalue weighted by Crippen LogP contribution is 2.20. The van der Waals surface area contributed by atoms with E-state index in [1.54, 1.807) is 6.07 Å². The van der Waals surface area contributed by atoms with E-state index >= 15 is 0 Å². The number of halogens is 1. The lowest BCUT2D eigenvalue weighted by atomic mass is 10.1. The summed E-state index contributed by atoms with van der Waals surface area (Å²) < 4.78 is 19.4. The average molecular weight is 282 g/mol. The highest BCUT2D eigenvalue weighted by molar-refractivity contribution is 5.36. The van der Waals surface area contributed by atoms with Gasteiger partial charge in [-0.15, -0.1) is 0 Å². The Morgan fingerprint density at radius 2 is 2.30 bits per heavy atom. The number of nitrogens with one attached hydrogen (secondary N) is 1. The second kappa shape index (κ2) is 7.31. The molecule has 5 nitrogen and oxygen atoms in total. The maximum atomic E-state index is 13.8. The zero-order valence-electron chi connectivity index (χ0n) is 11.3. The number of benzene rings is 1. The largest absolute Gasteiger partial charge is 0.378 e. The lowest BCUT2D eigenvalue weighted by Crippen LogP contribution is -2.25. The summed E-state index contributed by atoms with van der Waals surface area (Å²) in [5.74, 6) is -0.751. The van der Waals surface area contributed by atoms with Gasteiger partial charge in [-0.05, 0) is 32.2 Å². The quantitative estimate of drug-likeness (QED) is 0.495. The van der Waals surface area contributed by atoms with Crippen molar-refractivity contribution in [2.75, 3.05) is 13.2 Å². The van der Waals surface area contributed by atoms with Gasteiger partial charge in [0.1, 0.15) is 0 Å². The minimum absolute atomic E-state index is 0.284. The predicted molar refractivity (Wildman–Crippen MR) is 73.0 cm³/mol. The van der Waals surface area contributed by atoms with Crippen molar-refractivity contribution in [2.24, 2.45) is 0 Å². The summed E-state index contributed by atoms with van der Waals surface area (Å²) in [7, 11) is 0. The van der Waals surface area contributed by atoms with Gasteiger partial charge in [-0.1, -0.05) is 12.1 Å². The zero-order chi connectivity index (χ0) is 14.4. The van der Waals surface area contributed by atoms with E-state index in [0.717, 1.165) is 25.9 Å². The molecule has 1 aromatic rings. The first kappa shape index (κ1) is 14.9. The first-order chi connectivity index (χ1) is 9.68. The van der Waals surface area contributed by atoms with Gasteiger partial charge in [-0.25, -0.2) is 0 Å². The first-order valence-electron chi connectivity index (χ1n) is 6.92. The van der Waals surface area contributed by atoms with E-state index < -0.39 is 16.4 Å². The van der Waals surface area contributed by atoms with Crippen LogP contribution in [0.1, 0.15) is 31.2 Å². The van der Waals surface area contributed by atoms with Crippen LogP contribution < -0.4 is 5.32 Å². The third kappa shape index (κ3) is 3.98. The van der Waals surface area contributed by atoms with Gasteiger partial charge in [0.05, 0.1) is 11.0 Å². The Morgan fingerprint density at radius 3 is 3.00 bits per heavy atom. The molecule has 0 saturated carbocycles. The molecular formula is C14H19FN2O3. The molecule has 0 amide bonds. The monoisotopic (exact) mass is 282 g/mol. The summed E-state index contributed by atoms with van der Waals surface area (Å²) in [6.45, 7) is 1.83. The van der Waals surface area contributed by atoms with Crippen LogP contribution in [0, 0.1) is 15.9 Å². The van der Waals surface area contributed by atoms with E-state index in [4.69, 9.17) is 4.74 Å². The zero-order valence-corrected chi connectivity index (χ0v) is 11.3. The molecule has 0 bridgehead atoms. The molecule has 1 aromatic carbocycles. The second-order valence-electron chi connectivity index (χ2n) is 4.96. The number of hydrogen-bond donors (Lipinski definition) is 1. The highest BCUT2D eigenvalue weighted by atomic mass is 19.1. The molecule has 1 N–H and O–H groups in total.